The number of nitrogens with two attached hydrogens (primary N) is 1. The number of sulfone groups is 1. The van der Waals surface area contributed by atoms with Gasteiger partial charge in [-0.05, 0) is 31.5 Å². The van der Waals surface area contributed by atoms with Gasteiger partial charge < -0.3 is 10.5 Å². The minimum atomic E-state index is -2.93. The third-order valence-electron chi connectivity index (χ3n) is 2.76. The highest BCUT2D eigenvalue weighted by molar-refractivity contribution is 7.91. The summed E-state index contributed by atoms with van der Waals surface area (Å²) in [6.45, 7) is 3.84. The molecule has 0 aliphatic rings. The molecule has 0 heterocycles. The molecular weight excluding hydrogens is 286 g/mol. The van der Waals surface area contributed by atoms with Crippen molar-refractivity contribution in [1.29, 1.82) is 0 Å². The van der Waals surface area contributed by atoms with E-state index in [1.165, 1.54) is 0 Å². The number of benzene rings is 1. The number of hydrogen-bond acceptors (Lipinski definition) is 4. The fraction of sp³-hybridized carbons (Fsp3) is 0.538. The molecule has 0 saturated heterocycles. The van der Waals surface area contributed by atoms with Crippen molar-refractivity contribution >= 4 is 21.4 Å². The summed E-state index contributed by atoms with van der Waals surface area (Å²) >= 11 is 5.91. The van der Waals surface area contributed by atoms with Crippen LogP contribution < -0.4 is 10.5 Å². The molecule has 0 aromatic heterocycles. The number of hydrogen-bond donors (Lipinski definition) is 1. The summed E-state index contributed by atoms with van der Waals surface area (Å²) in [7, 11) is -2.93. The Morgan fingerprint density at radius 2 is 2.11 bits per heavy atom. The SMILES string of the molecule is CCS(=O)(=O)CCCOc1ccc(Cl)cc1C(C)N. The van der Waals surface area contributed by atoms with Gasteiger partial charge in [0.2, 0.25) is 0 Å². The van der Waals surface area contributed by atoms with E-state index in [0.717, 1.165) is 5.56 Å². The van der Waals surface area contributed by atoms with Gasteiger partial charge in [0.1, 0.15) is 15.6 Å². The Labute approximate surface area is 119 Å². The van der Waals surface area contributed by atoms with Crippen molar-refractivity contribution in [2.45, 2.75) is 26.3 Å². The molecule has 0 bridgehead atoms. The zero-order chi connectivity index (χ0) is 14.5. The van der Waals surface area contributed by atoms with E-state index in [2.05, 4.69) is 0 Å². The predicted molar refractivity (Wildman–Crippen MR) is 78.5 cm³/mol. The Bertz CT molecular complexity index is 515. The molecule has 0 aliphatic heterocycles. The second kappa shape index (κ2) is 7.12. The van der Waals surface area contributed by atoms with Gasteiger partial charge in [0.05, 0.1) is 12.4 Å². The fourth-order valence-corrected chi connectivity index (χ4v) is 2.64. The van der Waals surface area contributed by atoms with Crippen molar-refractivity contribution in [2.24, 2.45) is 5.73 Å². The summed E-state index contributed by atoms with van der Waals surface area (Å²) in [6.07, 6.45) is 0.469. The van der Waals surface area contributed by atoms with Crippen LogP contribution >= 0.6 is 11.6 Å². The Balaban J connectivity index is 2.59. The fourth-order valence-electron chi connectivity index (χ4n) is 1.61. The summed E-state index contributed by atoms with van der Waals surface area (Å²) in [6, 6.07) is 5.07. The van der Waals surface area contributed by atoms with Gasteiger partial charge in [0.15, 0.2) is 0 Å². The van der Waals surface area contributed by atoms with Gasteiger partial charge in [-0.1, -0.05) is 18.5 Å². The first-order chi connectivity index (χ1) is 8.85. The van der Waals surface area contributed by atoms with Crippen molar-refractivity contribution in [3.63, 3.8) is 0 Å². The lowest BCUT2D eigenvalue weighted by Gasteiger charge is -2.14. The lowest BCUT2D eigenvalue weighted by molar-refractivity contribution is 0.313. The van der Waals surface area contributed by atoms with E-state index in [4.69, 9.17) is 22.1 Å². The topological polar surface area (TPSA) is 69.4 Å². The van der Waals surface area contributed by atoms with Crippen LogP contribution in [-0.4, -0.2) is 26.5 Å². The average Bonchev–Trinajstić information content (AvgIpc) is 2.36. The molecule has 1 rings (SSSR count). The summed E-state index contributed by atoms with van der Waals surface area (Å²) in [5.41, 5.74) is 6.67. The van der Waals surface area contributed by atoms with Gasteiger partial charge in [0, 0.05) is 22.4 Å². The van der Waals surface area contributed by atoms with Gasteiger partial charge in [-0.15, -0.1) is 0 Å². The Kier molecular flexibility index (Phi) is 6.10. The van der Waals surface area contributed by atoms with Crippen LogP contribution in [0.4, 0.5) is 0 Å². The predicted octanol–water partition coefficient (Wildman–Crippen LogP) is 2.56. The highest BCUT2D eigenvalue weighted by Crippen LogP contribution is 2.27. The summed E-state index contributed by atoms with van der Waals surface area (Å²) in [4.78, 5) is 0. The molecular formula is C13H20ClNO3S. The van der Waals surface area contributed by atoms with Crippen LogP contribution in [0.25, 0.3) is 0 Å². The van der Waals surface area contributed by atoms with Crippen LogP contribution in [0.5, 0.6) is 5.75 Å². The monoisotopic (exact) mass is 305 g/mol. The zero-order valence-electron chi connectivity index (χ0n) is 11.2. The van der Waals surface area contributed by atoms with Gasteiger partial charge in [-0.2, -0.15) is 0 Å². The normalized spacial score (nSPS) is 13.3. The lowest BCUT2D eigenvalue weighted by atomic mass is 10.1. The smallest absolute Gasteiger partial charge is 0.150 e. The Morgan fingerprint density at radius 3 is 2.68 bits per heavy atom. The van der Waals surface area contributed by atoms with Crippen LogP contribution in [0.15, 0.2) is 18.2 Å². The molecule has 0 saturated carbocycles. The third kappa shape index (κ3) is 5.38. The number of halogens is 1. The van der Waals surface area contributed by atoms with E-state index in [-0.39, 0.29) is 17.5 Å². The molecule has 19 heavy (non-hydrogen) atoms. The molecule has 1 unspecified atom stereocenters. The first-order valence-electron chi connectivity index (χ1n) is 6.24. The molecule has 2 N–H and O–H groups in total. The second-order valence-corrected chi connectivity index (χ2v) is 7.32. The first-order valence-corrected chi connectivity index (χ1v) is 8.44. The Morgan fingerprint density at radius 1 is 1.42 bits per heavy atom. The quantitative estimate of drug-likeness (QED) is 0.786. The van der Waals surface area contributed by atoms with Gasteiger partial charge in [0.25, 0.3) is 0 Å². The van der Waals surface area contributed by atoms with Crippen molar-refractivity contribution in [1.82, 2.24) is 0 Å². The van der Waals surface area contributed by atoms with Crippen LogP contribution in [0, 0.1) is 0 Å². The molecule has 0 fully saturated rings. The lowest BCUT2D eigenvalue weighted by Crippen LogP contribution is -2.13. The van der Waals surface area contributed by atoms with Gasteiger partial charge in [-0.25, -0.2) is 8.42 Å². The van der Waals surface area contributed by atoms with Crippen molar-refractivity contribution in [2.75, 3.05) is 18.1 Å². The second-order valence-electron chi connectivity index (χ2n) is 4.41. The molecule has 1 aromatic rings. The summed E-state index contributed by atoms with van der Waals surface area (Å²) in [5.74, 6) is 0.970. The number of ether oxygens (including phenoxy) is 1. The van der Waals surface area contributed by atoms with Gasteiger partial charge >= 0.3 is 0 Å². The minimum absolute atomic E-state index is 0.143. The molecule has 0 radical (unpaired) electrons. The highest BCUT2D eigenvalue weighted by atomic mass is 35.5. The molecule has 0 amide bonds. The van der Waals surface area contributed by atoms with E-state index in [1.54, 1.807) is 25.1 Å². The van der Waals surface area contributed by atoms with Crippen LogP contribution in [0.2, 0.25) is 5.02 Å². The highest BCUT2D eigenvalue weighted by Gasteiger charge is 2.10. The van der Waals surface area contributed by atoms with Crippen molar-refractivity contribution in [3.05, 3.63) is 28.8 Å². The summed E-state index contributed by atoms with van der Waals surface area (Å²) < 4.78 is 28.3. The first kappa shape index (κ1) is 16.3. The van der Waals surface area contributed by atoms with Crippen LogP contribution in [0.1, 0.15) is 31.9 Å². The van der Waals surface area contributed by atoms with Crippen molar-refractivity contribution in [3.8, 4) is 5.75 Å². The zero-order valence-corrected chi connectivity index (χ0v) is 12.8. The van der Waals surface area contributed by atoms with Crippen LogP contribution in [0.3, 0.4) is 0 Å². The van der Waals surface area contributed by atoms with Crippen LogP contribution in [-0.2, 0) is 9.84 Å². The molecule has 4 nitrogen and oxygen atoms in total. The largest absolute Gasteiger partial charge is 0.493 e. The number of rotatable bonds is 7. The maximum atomic E-state index is 11.3. The van der Waals surface area contributed by atoms with E-state index in [0.29, 0.717) is 23.8 Å². The van der Waals surface area contributed by atoms with E-state index in [9.17, 15) is 8.42 Å². The van der Waals surface area contributed by atoms with E-state index >= 15 is 0 Å². The summed E-state index contributed by atoms with van der Waals surface area (Å²) in [5, 5.41) is 0.605. The van der Waals surface area contributed by atoms with Crippen molar-refractivity contribution < 1.29 is 13.2 Å². The van der Waals surface area contributed by atoms with Gasteiger partial charge in [-0.3, -0.25) is 0 Å². The Hall–Kier alpha value is -0.780. The third-order valence-corrected chi connectivity index (χ3v) is 4.78. The minimum Gasteiger partial charge on any atom is -0.493 e. The molecule has 1 atom stereocenters. The van der Waals surface area contributed by atoms with E-state index in [1.807, 2.05) is 6.92 Å². The molecule has 1 aromatic carbocycles. The molecule has 0 spiro atoms. The maximum absolute atomic E-state index is 11.3. The molecule has 6 heteroatoms. The molecule has 108 valence electrons. The average molecular weight is 306 g/mol. The molecule has 0 aliphatic carbocycles. The standard InChI is InChI=1S/C13H20ClNO3S/c1-3-19(16,17)8-4-7-18-13-6-5-11(14)9-12(13)10(2)15/h5-6,9-10H,3-4,7-8,15H2,1-2H3. The maximum Gasteiger partial charge on any atom is 0.150 e. The van der Waals surface area contributed by atoms with E-state index < -0.39 is 9.84 Å².